The predicted molar refractivity (Wildman–Crippen MR) is 88.1 cm³/mol. The van der Waals surface area contributed by atoms with Gasteiger partial charge in [-0.1, -0.05) is 0 Å². The van der Waals surface area contributed by atoms with Crippen LogP contribution in [-0.2, 0) is 4.74 Å². The Morgan fingerprint density at radius 2 is 1.95 bits per heavy atom. The number of nitrogens with one attached hydrogen (secondary N) is 1. The SMILES string of the molecule is CN(C)CC1CCN(C(=O)NCC(C)(C)N2CCOCC2)C1. The average molecular weight is 312 g/mol. The monoisotopic (exact) mass is 312 g/mol. The zero-order chi connectivity index (χ0) is 16.2. The summed E-state index contributed by atoms with van der Waals surface area (Å²) in [7, 11) is 4.18. The number of ether oxygens (including phenoxy) is 1. The van der Waals surface area contributed by atoms with E-state index in [0.717, 1.165) is 52.4 Å². The van der Waals surface area contributed by atoms with Crippen molar-refractivity contribution in [2.24, 2.45) is 5.92 Å². The summed E-state index contributed by atoms with van der Waals surface area (Å²) >= 11 is 0. The van der Waals surface area contributed by atoms with Gasteiger partial charge < -0.3 is 19.9 Å². The summed E-state index contributed by atoms with van der Waals surface area (Å²) in [6.07, 6.45) is 1.11. The first kappa shape index (κ1) is 17.5. The van der Waals surface area contributed by atoms with E-state index in [-0.39, 0.29) is 11.6 Å². The van der Waals surface area contributed by atoms with E-state index in [2.05, 4.69) is 43.1 Å². The van der Waals surface area contributed by atoms with Gasteiger partial charge in [-0.3, -0.25) is 4.90 Å². The summed E-state index contributed by atoms with van der Waals surface area (Å²) in [5, 5.41) is 3.13. The molecule has 2 saturated heterocycles. The Labute approximate surface area is 134 Å². The molecular weight excluding hydrogens is 280 g/mol. The highest BCUT2D eigenvalue weighted by Gasteiger charge is 2.31. The Bertz CT molecular complexity index is 367. The summed E-state index contributed by atoms with van der Waals surface area (Å²) in [5.74, 6) is 0.605. The number of urea groups is 1. The van der Waals surface area contributed by atoms with Crippen molar-refractivity contribution in [3.63, 3.8) is 0 Å². The summed E-state index contributed by atoms with van der Waals surface area (Å²) in [4.78, 5) is 18.9. The van der Waals surface area contributed by atoms with E-state index in [1.165, 1.54) is 0 Å². The van der Waals surface area contributed by atoms with Crippen molar-refractivity contribution in [3.8, 4) is 0 Å². The maximum Gasteiger partial charge on any atom is 0.317 e. The summed E-state index contributed by atoms with van der Waals surface area (Å²) < 4.78 is 5.40. The van der Waals surface area contributed by atoms with E-state index in [0.29, 0.717) is 12.5 Å². The van der Waals surface area contributed by atoms with Crippen LogP contribution in [0.1, 0.15) is 20.3 Å². The molecule has 0 aromatic rings. The van der Waals surface area contributed by atoms with Crippen molar-refractivity contribution in [2.45, 2.75) is 25.8 Å². The normalized spacial score (nSPS) is 24.0. The van der Waals surface area contributed by atoms with Crippen molar-refractivity contribution < 1.29 is 9.53 Å². The maximum absolute atomic E-state index is 12.4. The highest BCUT2D eigenvalue weighted by molar-refractivity contribution is 5.74. The highest BCUT2D eigenvalue weighted by atomic mass is 16.5. The van der Waals surface area contributed by atoms with Crippen molar-refractivity contribution in [2.75, 3.05) is 66.6 Å². The van der Waals surface area contributed by atoms with Crippen molar-refractivity contribution in [1.82, 2.24) is 20.0 Å². The minimum atomic E-state index is -0.0256. The molecule has 0 saturated carbocycles. The van der Waals surface area contributed by atoms with Crippen LogP contribution in [0.2, 0.25) is 0 Å². The van der Waals surface area contributed by atoms with Crippen LogP contribution in [0.25, 0.3) is 0 Å². The molecule has 2 aliphatic rings. The third kappa shape index (κ3) is 4.83. The Balaban J connectivity index is 1.75. The molecule has 2 aliphatic heterocycles. The Morgan fingerprint density at radius 3 is 2.59 bits per heavy atom. The van der Waals surface area contributed by atoms with Gasteiger partial charge in [0.05, 0.1) is 13.2 Å². The third-order valence-electron chi connectivity index (χ3n) is 4.74. The van der Waals surface area contributed by atoms with Gasteiger partial charge in [0.15, 0.2) is 0 Å². The van der Waals surface area contributed by atoms with Gasteiger partial charge in [-0.15, -0.1) is 0 Å². The van der Waals surface area contributed by atoms with Crippen LogP contribution in [0.3, 0.4) is 0 Å². The molecule has 6 nitrogen and oxygen atoms in total. The number of carbonyl (C=O) groups is 1. The molecule has 2 amide bonds. The number of hydrogen-bond donors (Lipinski definition) is 1. The number of morpholine rings is 1. The minimum Gasteiger partial charge on any atom is -0.379 e. The second-order valence-corrected chi connectivity index (χ2v) is 7.43. The number of rotatable bonds is 5. The molecule has 6 heteroatoms. The fourth-order valence-electron chi connectivity index (χ4n) is 3.37. The number of likely N-dealkylation sites (tertiary alicyclic amines) is 1. The lowest BCUT2D eigenvalue weighted by molar-refractivity contribution is -0.00900. The second kappa shape index (κ2) is 7.62. The molecule has 0 aromatic heterocycles. The topological polar surface area (TPSA) is 48.0 Å². The molecule has 0 radical (unpaired) electrons. The average Bonchev–Trinajstić information content (AvgIpc) is 2.93. The molecule has 2 heterocycles. The van der Waals surface area contributed by atoms with E-state index < -0.39 is 0 Å². The zero-order valence-corrected chi connectivity index (χ0v) is 14.6. The van der Waals surface area contributed by atoms with Crippen molar-refractivity contribution >= 4 is 6.03 Å². The molecule has 1 N–H and O–H groups in total. The fourth-order valence-corrected chi connectivity index (χ4v) is 3.37. The molecular formula is C16H32N4O2. The second-order valence-electron chi connectivity index (χ2n) is 7.43. The molecule has 128 valence electrons. The van der Waals surface area contributed by atoms with Gasteiger partial charge in [-0.2, -0.15) is 0 Å². The largest absolute Gasteiger partial charge is 0.379 e. The van der Waals surface area contributed by atoms with E-state index in [1.807, 2.05) is 4.90 Å². The smallest absolute Gasteiger partial charge is 0.317 e. The van der Waals surface area contributed by atoms with Gasteiger partial charge in [-0.05, 0) is 40.3 Å². The number of hydrogen-bond acceptors (Lipinski definition) is 4. The first-order valence-electron chi connectivity index (χ1n) is 8.39. The molecule has 22 heavy (non-hydrogen) atoms. The Kier molecular flexibility index (Phi) is 6.06. The molecule has 2 rings (SSSR count). The van der Waals surface area contributed by atoms with Crippen LogP contribution in [-0.4, -0.2) is 92.8 Å². The molecule has 0 spiro atoms. The van der Waals surface area contributed by atoms with Crippen molar-refractivity contribution in [1.29, 1.82) is 0 Å². The minimum absolute atomic E-state index is 0.0256. The molecule has 0 bridgehead atoms. The van der Waals surface area contributed by atoms with Crippen LogP contribution >= 0.6 is 0 Å². The molecule has 1 atom stereocenters. The highest BCUT2D eigenvalue weighted by Crippen LogP contribution is 2.18. The van der Waals surface area contributed by atoms with Gasteiger partial charge in [0, 0.05) is 44.8 Å². The van der Waals surface area contributed by atoms with Crippen LogP contribution in [0.15, 0.2) is 0 Å². The van der Waals surface area contributed by atoms with Gasteiger partial charge in [0.2, 0.25) is 0 Å². The predicted octanol–water partition coefficient (Wildman–Crippen LogP) is 0.690. The van der Waals surface area contributed by atoms with Crippen LogP contribution in [0.4, 0.5) is 4.79 Å². The van der Waals surface area contributed by atoms with Crippen molar-refractivity contribution in [3.05, 3.63) is 0 Å². The third-order valence-corrected chi connectivity index (χ3v) is 4.74. The van der Waals surface area contributed by atoms with Gasteiger partial charge in [-0.25, -0.2) is 4.79 Å². The van der Waals surface area contributed by atoms with Gasteiger partial charge in [0.1, 0.15) is 0 Å². The lowest BCUT2D eigenvalue weighted by Gasteiger charge is -2.41. The van der Waals surface area contributed by atoms with Crippen LogP contribution in [0.5, 0.6) is 0 Å². The lowest BCUT2D eigenvalue weighted by atomic mass is 10.0. The maximum atomic E-state index is 12.4. The van der Waals surface area contributed by atoms with Crippen LogP contribution < -0.4 is 5.32 Å². The Morgan fingerprint density at radius 1 is 1.27 bits per heavy atom. The van der Waals surface area contributed by atoms with Gasteiger partial charge >= 0.3 is 6.03 Å². The summed E-state index contributed by atoms with van der Waals surface area (Å²) in [6, 6.07) is 0.0857. The molecule has 0 aliphatic carbocycles. The van der Waals surface area contributed by atoms with Crippen LogP contribution in [0, 0.1) is 5.92 Å². The first-order chi connectivity index (χ1) is 10.4. The zero-order valence-electron chi connectivity index (χ0n) is 14.6. The van der Waals surface area contributed by atoms with E-state index >= 15 is 0 Å². The van der Waals surface area contributed by atoms with E-state index in [4.69, 9.17) is 4.74 Å². The number of carbonyl (C=O) groups excluding carboxylic acids is 1. The number of amides is 2. The molecule has 2 fully saturated rings. The summed E-state index contributed by atoms with van der Waals surface area (Å²) in [6.45, 7) is 11.3. The lowest BCUT2D eigenvalue weighted by Crippen LogP contribution is -2.56. The van der Waals surface area contributed by atoms with E-state index in [1.54, 1.807) is 0 Å². The quantitative estimate of drug-likeness (QED) is 0.811. The van der Waals surface area contributed by atoms with E-state index in [9.17, 15) is 4.79 Å². The number of nitrogens with zero attached hydrogens (tertiary/aromatic N) is 3. The fraction of sp³-hybridized carbons (Fsp3) is 0.938. The molecule has 0 aromatic carbocycles. The Hall–Kier alpha value is -0.850. The van der Waals surface area contributed by atoms with Gasteiger partial charge in [0.25, 0.3) is 0 Å². The first-order valence-corrected chi connectivity index (χ1v) is 8.39. The molecule has 1 unspecified atom stereocenters. The summed E-state index contributed by atoms with van der Waals surface area (Å²) in [5.41, 5.74) is -0.0256. The standard InChI is InChI=1S/C16H32N4O2/c1-16(2,20-7-9-22-10-8-20)13-17-15(21)19-6-5-14(12-19)11-18(3)4/h14H,5-13H2,1-4H3,(H,17,21).